The summed E-state index contributed by atoms with van der Waals surface area (Å²) < 4.78 is 16.0. The molecular weight excluding hydrogens is 322 g/mol. The van der Waals surface area contributed by atoms with Crippen LogP contribution in [0, 0.1) is 0 Å². The molecule has 2 saturated heterocycles. The molecule has 2 N–H and O–H groups in total. The molecule has 0 unspecified atom stereocenters. The second-order valence-electron chi connectivity index (χ2n) is 6.94. The molecule has 6 heteroatoms. The maximum Gasteiger partial charge on any atom is 0.230 e. The van der Waals surface area contributed by atoms with Crippen LogP contribution in [-0.4, -0.2) is 56.7 Å². The molecule has 0 aliphatic carbocycles. The fraction of sp³-hybridized carbons (Fsp3) is 0.632. The third kappa shape index (κ3) is 3.97. The summed E-state index contributed by atoms with van der Waals surface area (Å²) >= 11 is 0. The lowest BCUT2D eigenvalue weighted by atomic mass is 9.73. The highest BCUT2D eigenvalue weighted by atomic mass is 16.5. The Kier molecular flexibility index (Phi) is 5.61. The quantitative estimate of drug-likeness (QED) is 0.840. The summed E-state index contributed by atoms with van der Waals surface area (Å²) in [5, 5.41) is 13.6. The van der Waals surface area contributed by atoms with Gasteiger partial charge in [0, 0.05) is 45.8 Å². The number of ether oxygens (including phenoxy) is 3. The van der Waals surface area contributed by atoms with E-state index in [2.05, 4.69) is 5.32 Å². The monoisotopic (exact) mass is 349 g/mol. The molecule has 138 valence electrons. The summed E-state index contributed by atoms with van der Waals surface area (Å²) in [7, 11) is 1.63. The van der Waals surface area contributed by atoms with E-state index in [0.717, 1.165) is 11.3 Å². The van der Waals surface area contributed by atoms with Crippen LogP contribution in [0.15, 0.2) is 24.3 Å². The topological polar surface area (TPSA) is 77.0 Å². The zero-order valence-electron chi connectivity index (χ0n) is 14.8. The molecule has 6 nitrogen and oxygen atoms in total. The maximum atomic E-state index is 13.1. The molecule has 0 radical (unpaired) electrons. The van der Waals surface area contributed by atoms with Crippen LogP contribution in [0.3, 0.4) is 0 Å². The first-order chi connectivity index (χ1) is 12.1. The number of methoxy groups -OCH3 is 1. The number of carbonyl (C=O) groups is 1. The SMILES string of the molecule is COc1ccc(C2(C(=O)NCC3(O)CCOCC3)CCOCC2)cc1. The van der Waals surface area contributed by atoms with Crippen molar-refractivity contribution in [3.05, 3.63) is 29.8 Å². The molecule has 0 atom stereocenters. The van der Waals surface area contributed by atoms with Crippen LogP contribution in [0.25, 0.3) is 0 Å². The van der Waals surface area contributed by atoms with Gasteiger partial charge in [-0.1, -0.05) is 12.1 Å². The largest absolute Gasteiger partial charge is 0.497 e. The minimum atomic E-state index is -0.875. The first-order valence-electron chi connectivity index (χ1n) is 8.89. The Morgan fingerprint density at radius 2 is 1.64 bits per heavy atom. The van der Waals surface area contributed by atoms with Gasteiger partial charge in [0.1, 0.15) is 5.75 Å². The van der Waals surface area contributed by atoms with Gasteiger partial charge in [-0.3, -0.25) is 4.79 Å². The van der Waals surface area contributed by atoms with Crippen LogP contribution in [0.5, 0.6) is 5.75 Å². The minimum Gasteiger partial charge on any atom is -0.497 e. The number of nitrogens with one attached hydrogen (secondary N) is 1. The summed E-state index contributed by atoms with van der Waals surface area (Å²) in [5.41, 5.74) is -0.528. The van der Waals surface area contributed by atoms with Crippen LogP contribution >= 0.6 is 0 Å². The van der Waals surface area contributed by atoms with Crippen molar-refractivity contribution in [2.45, 2.75) is 36.7 Å². The average molecular weight is 349 g/mol. The van der Waals surface area contributed by atoms with Crippen molar-refractivity contribution < 1.29 is 24.1 Å². The Morgan fingerprint density at radius 1 is 1.08 bits per heavy atom. The smallest absolute Gasteiger partial charge is 0.230 e. The van der Waals surface area contributed by atoms with E-state index in [1.54, 1.807) is 7.11 Å². The van der Waals surface area contributed by atoms with Gasteiger partial charge in [-0.05, 0) is 30.5 Å². The molecule has 2 aliphatic heterocycles. The van der Waals surface area contributed by atoms with E-state index in [-0.39, 0.29) is 12.5 Å². The van der Waals surface area contributed by atoms with Gasteiger partial charge in [0.2, 0.25) is 5.91 Å². The molecular formula is C19H27NO5. The molecule has 1 aromatic rings. The number of benzene rings is 1. The van der Waals surface area contributed by atoms with E-state index in [9.17, 15) is 9.90 Å². The van der Waals surface area contributed by atoms with E-state index < -0.39 is 11.0 Å². The number of hydrogen-bond donors (Lipinski definition) is 2. The maximum absolute atomic E-state index is 13.1. The first kappa shape index (κ1) is 18.2. The van der Waals surface area contributed by atoms with Crippen molar-refractivity contribution in [2.24, 2.45) is 0 Å². The molecule has 3 rings (SSSR count). The minimum absolute atomic E-state index is 0.0408. The van der Waals surface area contributed by atoms with Crippen LogP contribution in [0.2, 0.25) is 0 Å². The van der Waals surface area contributed by atoms with Crippen molar-refractivity contribution in [3.63, 3.8) is 0 Å². The highest BCUT2D eigenvalue weighted by Gasteiger charge is 2.42. The Labute approximate surface area is 148 Å². The zero-order chi connectivity index (χ0) is 17.8. The van der Waals surface area contributed by atoms with Crippen molar-refractivity contribution in [3.8, 4) is 5.75 Å². The van der Waals surface area contributed by atoms with Crippen molar-refractivity contribution in [1.82, 2.24) is 5.32 Å². The normalized spacial score (nSPS) is 22.2. The number of amides is 1. The van der Waals surface area contributed by atoms with Gasteiger partial charge in [-0.25, -0.2) is 0 Å². The van der Waals surface area contributed by atoms with Gasteiger partial charge in [-0.15, -0.1) is 0 Å². The molecule has 0 aromatic heterocycles. The summed E-state index contributed by atoms with van der Waals surface area (Å²) in [6.45, 7) is 2.43. The van der Waals surface area contributed by atoms with Gasteiger partial charge in [0.15, 0.2) is 0 Å². The molecule has 2 aliphatic rings. The Bertz CT molecular complexity index is 574. The zero-order valence-corrected chi connectivity index (χ0v) is 14.8. The predicted molar refractivity (Wildman–Crippen MR) is 92.7 cm³/mol. The predicted octanol–water partition coefficient (Wildman–Crippen LogP) is 1.40. The molecule has 0 spiro atoms. The van der Waals surface area contributed by atoms with Crippen molar-refractivity contribution in [2.75, 3.05) is 40.1 Å². The van der Waals surface area contributed by atoms with Crippen LogP contribution in [0.4, 0.5) is 0 Å². The number of hydrogen-bond acceptors (Lipinski definition) is 5. The van der Waals surface area contributed by atoms with E-state index in [1.165, 1.54) is 0 Å². The Hall–Kier alpha value is -1.63. The summed E-state index contributed by atoms with van der Waals surface area (Å²) in [5.74, 6) is 0.726. The van der Waals surface area contributed by atoms with E-state index in [4.69, 9.17) is 14.2 Å². The highest BCUT2D eigenvalue weighted by molar-refractivity contribution is 5.88. The number of rotatable bonds is 5. The molecule has 2 heterocycles. The molecule has 0 saturated carbocycles. The standard InChI is InChI=1S/C19H27NO5/c1-23-16-4-2-15(3-5-16)19(8-12-25-13-9-19)17(21)20-14-18(22)6-10-24-11-7-18/h2-5,22H,6-14H2,1H3,(H,20,21). The summed E-state index contributed by atoms with van der Waals surface area (Å²) in [6, 6.07) is 7.66. The highest BCUT2D eigenvalue weighted by Crippen LogP contribution is 2.36. The van der Waals surface area contributed by atoms with Crippen LogP contribution in [-0.2, 0) is 19.7 Å². The van der Waals surface area contributed by atoms with Crippen molar-refractivity contribution in [1.29, 1.82) is 0 Å². The van der Waals surface area contributed by atoms with Gasteiger partial charge in [0.25, 0.3) is 0 Å². The van der Waals surface area contributed by atoms with E-state index >= 15 is 0 Å². The lowest BCUT2D eigenvalue weighted by Gasteiger charge is -2.38. The molecule has 2 fully saturated rings. The number of carbonyl (C=O) groups excluding carboxylic acids is 1. The van der Waals surface area contributed by atoms with Crippen LogP contribution < -0.4 is 10.1 Å². The van der Waals surface area contributed by atoms with E-state index in [0.29, 0.717) is 52.1 Å². The molecule has 1 amide bonds. The third-order valence-electron chi connectivity index (χ3n) is 5.43. The lowest BCUT2D eigenvalue weighted by Crippen LogP contribution is -2.53. The number of aliphatic hydroxyl groups is 1. The Balaban J connectivity index is 1.75. The Morgan fingerprint density at radius 3 is 2.20 bits per heavy atom. The first-order valence-corrected chi connectivity index (χ1v) is 8.89. The van der Waals surface area contributed by atoms with Crippen LogP contribution in [0.1, 0.15) is 31.2 Å². The molecule has 0 bridgehead atoms. The van der Waals surface area contributed by atoms with Gasteiger partial charge >= 0.3 is 0 Å². The van der Waals surface area contributed by atoms with E-state index in [1.807, 2.05) is 24.3 Å². The van der Waals surface area contributed by atoms with Gasteiger partial charge in [-0.2, -0.15) is 0 Å². The molecule has 25 heavy (non-hydrogen) atoms. The fourth-order valence-corrected chi connectivity index (χ4v) is 3.62. The fourth-order valence-electron chi connectivity index (χ4n) is 3.62. The van der Waals surface area contributed by atoms with Gasteiger partial charge in [0.05, 0.1) is 18.1 Å². The van der Waals surface area contributed by atoms with Gasteiger partial charge < -0.3 is 24.6 Å². The third-order valence-corrected chi connectivity index (χ3v) is 5.43. The summed E-state index contributed by atoms with van der Waals surface area (Å²) in [6.07, 6.45) is 2.36. The second kappa shape index (κ2) is 7.72. The lowest BCUT2D eigenvalue weighted by molar-refractivity contribution is -0.133. The average Bonchev–Trinajstić information content (AvgIpc) is 2.67. The molecule has 1 aromatic carbocycles. The second-order valence-corrected chi connectivity index (χ2v) is 6.94. The summed E-state index contributed by atoms with van der Waals surface area (Å²) in [4.78, 5) is 13.1. The van der Waals surface area contributed by atoms with Crippen molar-refractivity contribution >= 4 is 5.91 Å².